The van der Waals surface area contributed by atoms with Gasteiger partial charge in [0.1, 0.15) is 11.9 Å². The number of nitrogens with one attached hydrogen (secondary N) is 2. The quantitative estimate of drug-likeness (QED) is 0.817. The van der Waals surface area contributed by atoms with Crippen LogP contribution in [0.2, 0.25) is 0 Å². The first-order chi connectivity index (χ1) is 13.0. The fourth-order valence-electron chi connectivity index (χ4n) is 2.75. The number of carbonyl (C=O) groups is 2. The Hall–Kier alpha value is -3.09. The summed E-state index contributed by atoms with van der Waals surface area (Å²) in [6, 6.07) is 10.3. The molecule has 0 spiro atoms. The first-order valence-corrected chi connectivity index (χ1v) is 8.67. The maximum absolute atomic E-state index is 13.8. The zero-order chi connectivity index (χ0) is 19.4. The van der Waals surface area contributed by atoms with Gasteiger partial charge in [0, 0.05) is 6.54 Å². The Labute approximate surface area is 156 Å². The second-order valence-corrected chi connectivity index (χ2v) is 6.58. The van der Waals surface area contributed by atoms with Crippen LogP contribution in [-0.4, -0.2) is 24.6 Å². The normalized spacial score (nSPS) is 13.3. The lowest BCUT2D eigenvalue weighted by Gasteiger charge is -2.22. The lowest BCUT2D eigenvalue weighted by atomic mass is 10.0. The number of hydrogen-bond donors (Lipinski definition) is 2. The molecule has 2 aromatic rings. The second-order valence-electron chi connectivity index (χ2n) is 6.58. The fourth-order valence-corrected chi connectivity index (χ4v) is 2.75. The number of carbonyl (C=O) groups excluding carboxylic acids is 2. The monoisotopic (exact) mass is 372 g/mol. The molecule has 0 aromatic heterocycles. The number of rotatable bonds is 6. The van der Waals surface area contributed by atoms with E-state index in [1.165, 1.54) is 18.2 Å². The summed E-state index contributed by atoms with van der Waals surface area (Å²) in [6.45, 7) is 4.08. The Kier molecular flexibility index (Phi) is 5.59. The van der Waals surface area contributed by atoms with E-state index in [-0.39, 0.29) is 30.7 Å². The third kappa shape index (κ3) is 4.36. The number of hydrogen-bond acceptors (Lipinski definition) is 4. The Morgan fingerprint density at radius 1 is 1.11 bits per heavy atom. The van der Waals surface area contributed by atoms with E-state index in [1.54, 1.807) is 18.2 Å². The fraction of sp³-hybridized carbons (Fsp3) is 0.300. The van der Waals surface area contributed by atoms with Crippen molar-refractivity contribution in [2.45, 2.75) is 26.4 Å². The summed E-state index contributed by atoms with van der Waals surface area (Å²) in [5.74, 6) is -0.453. The third-order valence-corrected chi connectivity index (χ3v) is 4.26. The highest BCUT2D eigenvalue weighted by molar-refractivity contribution is 5.97. The van der Waals surface area contributed by atoms with Crippen molar-refractivity contribution in [1.82, 2.24) is 10.6 Å². The SMILES string of the molecule is CC(C)[C@@H](NC(=O)c1ccccc1F)C(=O)NCc1ccc2c(c1)OCO2. The minimum atomic E-state index is -0.786. The van der Waals surface area contributed by atoms with Gasteiger partial charge in [0.2, 0.25) is 12.7 Å². The minimum absolute atomic E-state index is 0.0910. The Morgan fingerprint density at radius 3 is 2.59 bits per heavy atom. The molecule has 1 heterocycles. The van der Waals surface area contributed by atoms with Crippen LogP contribution in [0.3, 0.4) is 0 Å². The molecule has 6 nitrogen and oxygen atoms in total. The van der Waals surface area contributed by atoms with E-state index in [9.17, 15) is 14.0 Å². The molecule has 1 aliphatic rings. The summed E-state index contributed by atoms with van der Waals surface area (Å²) in [7, 11) is 0. The summed E-state index contributed by atoms with van der Waals surface area (Å²) in [4.78, 5) is 24.9. The molecule has 0 bridgehead atoms. The molecule has 0 fully saturated rings. The maximum Gasteiger partial charge on any atom is 0.254 e. The molecule has 0 aliphatic carbocycles. The molecule has 3 rings (SSSR count). The van der Waals surface area contributed by atoms with Gasteiger partial charge in [-0.15, -0.1) is 0 Å². The van der Waals surface area contributed by atoms with Gasteiger partial charge < -0.3 is 20.1 Å². The van der Waals surface area contributed by atoms with Crippen LogP contribution in [0.25, 0.3) is 0 Å². The Bertz CT molecular complexity index is 854. The van der Waals surface area contributed by atoms with Crippen LogP contribution in [0.5, 0.6) is 11.5 Å². The van der Waals surface area contributed by atoms with Crippen LogP contribution in [0.15, 0.2) is 42.5 Å². The van der Waals surface area contributed by atoms with Crippen molar-refractivity contribution in [2.75, 3.05) is 6.79 Å². The number of fused-ring (bicyclic) bond motifs is 1. The molecule has 2 aromatic carbocycles. The van der Waals surface area contributed by atoms with Crippen molar-refractivity contribution in [3.8, 4) is 11.5 Å². The Balaban J connectivity index is 1.63. The van der Waals surface area contributed by atoms with E-state index in [4.69, 9.17) is 9.47 Å². The van der Waals surface area contributed by atoms with E-state index in [2.05, 4.69) is 10.6 Å². The van der Waals surface area contributed by atoms with Crippen molar-refractivity contribution in [3.63, 3.8) is 0 Å². The molecular weight excluding hydrogens is 351 g/mol. The molecule has 142 valence electrons. The highest BCUT2D eigenvalue weighted by Crippen LogP contribution is 2.32. The highest BCUT2D eigenvalue weighted by atomic mass is 19.1. The van der Waals surface area contributed by atoms with Gasteiger partial charge >= 0.3 is 0 Å². The van der Waals surface area contributed by atoms with Crippen LogP contribution in [0.1, 0.15) is 29.8 Å². The molecule has 1 aliphatic heterocycles. The van der Waals surface area contributed by atoms with Crippen molar-refractivity contribution in [2.24, 2.45) is 5.92 Å². The summed E-state index contributed by atoms with van der Waals surface area (Å²) < 4.78 is 24.4. The van der Waals surface area contributed by atoms with E-state index >= 15 is 0 Å². The predicted molar refractivity (Wildman–Crippen MR) is 96.9 cm³/mol. The van der Waals surface area contributed by atoms with E-state index in [0.717, 1.165) is 5.56 Å². The number of halogens is 1. The molecule has 0 saturated carbocycles. The molecule has 27 heavy (non-hydrogen) atoms. The van der Waals surface area contributed by atoms with E-state index < -0.39 is 17.8 Å². The van der Waals surface area contributed by atoms with Crippen molar-refractivity contribution < 1.29 is 23.5 Å². The van der Waals surface area contributed by atoms with E-state index in [1.807, 2.05) is 19.9 Å². The first-order valence-electron chi connectivity index (χ1n) is 8.67. The zero-order valence-corrected chi connectivity index (χ0v) is 15.1. The first kappa shape index (κ1) is 18.7. The highest BCUT2D eigenvalue weighted by Gasteiger charge is 2.25. The standard InChI is InChI=1S/C20H21FN2O4/c1-12(2)18(23-19(24)14-5-3-4-6-15(14)21)20(25)22-10-13-7-8-16-17(9-13)27-11-26-16/h3-9,12,18H,10-11H2,1-2H3,(H,22,25)(H,23,24)/t18-/m1/s1. The van der Waals surface area contributed by atoms with Gasteiger partial charge in [-0.25, -0.2) is 4.39 Å². The summed E-state index contributed by atoms with van der Waals surface area (Å²) in [5.41, 5.74) is 0.752. The van der Waals surface area contributed by atoms with Crippen LogP contribution in [-0.2, 0) is 11.3 Å². The molecule has 0 radical (unpaired) electrons. The van der Waals surface area contributed by atoms with Crippen LogP contribution in [0.4, 0.5) is 4.39 Å². The van der Waals surface area contributed by atoms with Gasteiger partial charge in [-0.2, -0.15) is 0 Å². The van der Waals surface area contributed by atoms with Crippen molar-refractivity contribution in [3.05, 3.63) is 59.4 Å². The molecule has 2 amide bonds. The van der Waals surface area contributed by atoms with Crippen molar-refractivity contribution in [1.29, 1.82) is 0 Å². The summed E-state index contributed by atoms with van der Waals surface area (Å²) >= 11 is 0. The van der Waals surface area contributed by atoms with Gasteiger partial charge in [-0.3, -0.25) is 9.59 Å². The molecule has 1 atom stereocenters. The maximum atomic E-state index is 13.8. The molecule has 0 saturated heterocycles. The van der Waals surface area contributed by atoms with Gasteiger partial charge in [-0.1, -0.05) is 32.0 Å². The van der Waals surface area contributed by atoms with E-state index in [0.29, 0.717) is 11.5 Å². The van der Waals surface area contributed by atoms with Gasteiger partial charge in [-0.05, 0) is 35.7 Å². The topological polar surface area (TPSA) is 76.7 Å². The summed E-state index contributed by atoms with van der Waals surface area (Å²) in [6.07, 6.45) is 0. The molecule has 7 heteroatoms. The van der Waals surface area contributed by atoms with Gasteiger partial charge in [0.15, 0.2) is 11.5 Å². The smallest absolute Gasteiger partial charge is 0.254 e. The number of ether oxygens (including phenoxy) is 2. The minimum Gasteiger partial charge on any atom is -0.454 e. The van der Waals surface area contributed by atoms with Crippen molar-refractivity contribution >= 4 is 11.8 Å². The van der Waals surface area contributed by atoms with Crippen LogP contribution < -0.4 is 20.1 Å². The average molecular weight is 372 g/mol. The molecular formula is C20H21FN2O4. The van der Waals surface area contributed by atoms with Gasteiger partial charge in [0.05, 0.1) is 5.56 Å². The van der Waals surface area contributed by atoms with Crippen LogP contribution >= 0.6 is 0 Å². The molecule has 0 unspecified atom stereocenters. The second kappa shape index (κ2) is 8.07. The third-order valence-electron chi connectivity index (χ3n) is 4.26. The lowest BCUT2D eigenvalue weighted by Crippen LogP contribution is -2.49. The summed E-state index contributed by atoms with van der Waals surface area (Å²) in [5, 5.41) is 5.41. The zero-order valence-electron chi connectivity index (χ0n) is 15.1. The molecule has 2 N–H and O–H groups in total. The Morgan fingerprint density at radius 2 is 1.85 bits per heavy atom. The predicted octanol–water partition coefficient (Wildman–Crippen LogP) is 2.63. The average Bonchev–Trinajstić information content (AvgIpc) is 3.12. The lowest BCUT2D eigenvalue weighted by molar-refractivity contribution is -0.124. The number of benzene rings is 2. The largest absolute Gasteiger partial charge is 0.454 e. The number of amides is 2. The van der Waals surface area contributed by atoms with Gasteiger partial charge in [0.25, 0.3) is 5.91 Å². The van der Waals surface area contributed by atoms with Crippen LogP contribution in [0, 0.1) is 11.7 Å².